The van der Waals surface area contributed by atoms with E-state index in [0.29, 0.717) is 0 Å². The maximum Gasteiger partial charge on any atom is 0.288 e. The first-order valence-electron chi connectivity index (χ1n) is 5.59. The van der Waals surface area contributed by atoms with Gasteiger partial charge in [-0.15, -0.1) is 0 Å². The molecule has 0 spiro atoms. The van der Waals surface area contributed by atoms with Crippen LogP contribution in [0.3, 0.4) is 0 Å². The van der Waals surface area contributed by atoms with Crippen LogP contribution in [0, 0.1) is 15.9 Å². The highest BCUT2D eigenvalue weighted by Crippen LogP contribution is 2.27. The van der Waals surface area contributed by atoms with Crippen LogP contribution in [0.15, 0.2) is 40.9 Å². The number of amides is 1. The molecule has 0 aliphatic rings. The highest BCUT2D eigenvalue weighted by molar-refractivity contribution is 9.10. The van der Waals surface area contributed by atoms with Gasteiger partial charge in [-0.2, -0.15) is 0 Å². The fourth-order valence-electron chi connectivity index (χ4n) is 1.61. The lowest BCUT2D eigenvalue weighted by Crippen LogP contribution is -2.14. The van der Waals surface area contributed by atoms with Crippen LogP contribution in [0.4, 0.5) is 15.8 Å². The Balaban J connectivity index is 2.26. The van der Waals surface area contributed by atoms with Crippen LogP contribution in [0.1, 0.15) is 10.4 Å². The number of nitrogens with zero attached hydrogens (tertiary/aromatic N) is 1. The predicted molar refractivity (Wildman–Crippen MR) is 80.2 cm³/mol. The van der Waals surface area contributed by atoms with Crippen molar-refractivity contribution in [1.82, 2.24) is 0 Å². The van der Waals surface area contributed by atoms with Crippen LogP contribution in [0.5, 0.6) is 0 Å². The third kappa shape index (κ3) is 3.37. The number of nitro benzene ring substituents is 1. The average Bonchev–Trinajstić information content (AvgIpc) is 2.41. The summed E-state index contributed by atoms with van der Waals surface area (Å²) in [4.78, 5) is 22.0. The van der Waals surface area contributed by atoms with Crippen LogP contribution in [-0.2, 0) is 0 Å². The standard InChI is InChI=1S/C13H7BrClFN2O3/c14-9-3-1-2-8(12(9)16)13(19)17-7-4-5-11(18(20)21)10(15)6-7/h1-6H,(H,17,19). The lowest BCUT2D eigenvalue weighted by atomic mass is 10.2. The Morgan fingerprint density at radius 3 is 2.67 bits per heavy atom. The van der Waals surface area contributed by atoms with E-state index in [4.69, 9.17) is 11.6 Å². The molecule has 0 fully saturated rings. The highest BCUT2D eigenvalue weighted by Gasteiger charge is 2.16. The number of anilines is 1. The molecular formula is C13H7BrClFN2O3. The van der Waals surface area contributed by atoms with Crippen molar-refractivity contribution in [3.8, 4) is 0 Å². The van der Waals surface area contributed by atoms with Gasteiger partial charge in [0.15, 0.2) is 0 Å². The van der Waals surface area contributed by atoms with E-state index in [1.54, 1.807) is 0 Å². The summed E-state index contributed by atoms with van der Waals surface area (Å²) in [6.45, 7) is 0. The van der Waals surface area contributed by atoms with Gasteiger partial charge in [0.05, 0.1) is 15.0 Å². The fraction of sp³-hybridized carbons (Fsp3) is 0. The van der Waals surface area contributed by atoms with Gasteiger partial charge in [0.2, 0.25) is 0 Å². The Morgan fingerprint density at radius 1 is 1.33 bits per heavy atom. The van der Waals surface area contributed by atoms with E-state index in [9.17, 15) is 19.3 Å². The summed E-state index contributed by atoms with van der Waals surface area (Å²) in [5.74, 6) is -1.37. The topological polar surface area (TPSA) is 72.2 Å². The van der Waals surface area contributed by atoms with Crippen molar-refractivity contribution in [1.29, 1.82) is 0 Å². The first-order valence-corrected chi connectivity index (χ1v) is 6.76. The molecule has 0 heterocycles. The minimum atomic E-state index is -0.692. The molecule has 5 nitrogen and oxygen atoms in total. The van der Waals surface area contributed by atoms with Crippen molar-refractivity contribution < 1.29 is 14.1 Å². The minimum Gasteiger partial charge on any atom is -0.322 e. The molecule has 0 saturated carbocycles. The van der Waals surface area contributed by atoms with Crippen LogP contribution >= 0.6 is 27.5 Å². The third-order valence-electron chi connectivity index (χ3n) is 2.60. The molecule has 2 aromatic carbocycles. The van der Waals surface area contributed by atoms with Crippen LogP contribution in [-0.4, -0.2) is 10.8 Å². The molecule has 108 valence electrons. The summed E-state index contributed by atoms with van der Waals surface area (Å²) in [7, 11) is 0. The van der Waals surface area contributed by atoms with E-state index in [1.165, 1.54) is 30.3 Å². The summed E-state index contributed by atoms with van der Waals surface area (Å²) < 4.78 is 13.9. The van der Waals surface area contributed by atoms with Gasteiger partial charge in [-0.05, 0) is 40.2 Å². The predicted octanol–water partition coefficient (Wildman–Crippen LogP) is 4.40. The number of rotatable bonds is 3. The molecule has 2 aromatic rings. The van der Waals surface area contributed by atoms with Gasteiger partial charge in [-0.1, -0.05) is 17.7 Å². The van der Waals surface area contributed by atoms with E-state index < -0.39 is 16.6 Å². The molecule has 0 atom stereocenters. The van der Waals surface area contributed by atoms with Crippen molar-refractivity contribution in [3.05, 3.63) is 67.4 Å². The molecule has 21 heavy (non-hydrogen) atoms. The molecule has 0 aliphatic heterocycles. The average molecular weight is 374 g/mol. The Morgan fingerprint density at radius 2 is 2.05 bits per heavy atom. The van der Waals surface area contributed by atoms with E-state index >= 15 is 0 Å². The Labute approximate surface area is 132 Å². The van der Waals surface area contributed by atoms with Crippen molar-refractivity contribution in [2.75, 3.05) is 5.32 Å². The molecule has 2 rings (SSSR count). The second kappa shape index (κ2) is 6.19. The van der Waals surface area contributed by atoms with E-state index in [-0.39, 0.29) is 26.4 Å². The van der Waals surface area contributed by atoms with Crippen molar-refractivity contribution in [2.45, 2.75) is 0 Å². The minimum absolute atomic E-state index is 0.118. The van der Waals surface area contributed by atoms with E-state index in [1.807, 2.05) is 0 Å². The first kappa shape index (κ1) is 15.4. The second-order valence-corrected chi connectivity index (χ2v) is 5.24. The smallest absolute Gasteiger partial charge is 0.288 e. The summed E-state index contributed by atoms with van der Waals surface area (Å²) in [5, 5.41) is 12.9. The van der Waals surface area contributed by atoms with Gasteiger partial charge in [0.1, 0.15) is 10.8 Å². The molecule has 1 N–H and O–H groups in total. The lowest BCUT2D eigenvalue weighted by Gasteiger charge is -2.07. The Kier molecular flexibility index (Phi) is 4.54. The molecule has 0 unspecified atom stereocenters. The van der Waals surface area contributed by atoms with Crippen molar-refractivity contribution in [2.24, 2.45) is 0 Å². The molecule has 1 amide bonds. The first-order chi connectivity index (χ1) is 9.90. The third-order valence-corrected chi connectivity index (χ3v) is 3.51. The van der Waals surface area contributed by atoms with E-state index in [0.717, 1.165) is 6.07 Å². The number of hydrogen-bond acceptors (Lipinski definition) is 3. The number of carbonyl (C=O) groups is 1. The number of carbonyl (C=O) groups excluding carboxylic acids is 1. The zero-order valence-corrected chi connectivity index (χ0v) is 12.6. The Bertz CT molecular complexity index is 739. The van der Waals surface area contributed by atoms with Gasteiger partial charge in [-0.25, -0.2) is 4.39 Å². The maximum absolute atomic E-state index is 13.8. The van der Waals surface area contributed by atoms with Gasteiger partial charge in [0, 0.05) is 11.8 Å². The SMILES string of the molecule is O=C(Nc1ccc([N+](=O)[O-])c(Cl)c1)c1cccc(Br)c1F. The summed E-state index contributed by atoms with van der Waals surface area (Å²) in [6.07, 6.45) is 0. The molecule has 8 heteroatoms. The number of benzene rings is 2. The molecule has 0 bridgehead atoms. The van der Waals surface area contributed by atoms with Crippen molar-refractivity contribution in [3.63, 3.8) is 0 Å². The quantitative estimate of drug-likeness (QED) is 0.640. The number of nitrogens with one attached hydrogen (secondary N) is 1. The van der Waals surface area contributed by atoms with Gasteiger partial charge < -0.3 is 5.32 Å². The van der Waals surface area contributed by atoms with Gasteiger partial charge in [-0.3, -0.25) is 14.9 Å². The van der Waals surface area contributed by atoms with Crippen molar-refractivity contribution >= 4 is 44.8 Å². The normalized spacial score (nSPS) is 10.2. The highest BCUT2D eigenvalue weighted by atomic mass is 79.9. The summed E-state index contributed by atoms with van der Waals surface area (Å²) >= 11 is 8.72. The van der Waals surface area contributed by atoms with Gasteiger partial charge in [0.25, 0.3) is 11.6 Å². The van der Waals surface area contributed by atoms with Gasteiger partial charge >= 0.3 is 0 Å². The number of nitro groups is 1. The monoisotopic (exact) mass is 372 g/mol. The number of hydrogen-bond donors (Lipinski definition) is 1. The zero-order valence-electron chi connectivity index (χ0n) is 10.3. The van der Waals surface area contributed by atoms with Crippen LogP contribution in [0.25, 0.3) is 0 Å². The molecule has 0 saturated heterocycles. The molecule has 0 radical (unpaired) electrons. The largest absolute Gasteiger partial charge is 0.322 e. The molecule has 0 aliphatic carbocycles. The maximum atomic E-state index is 13.8. The fourth-order valence-corrected chi connectivity index (χ4v) is 2.23. The molecule has 0 aromatic heterocycles. The summed E-state index contributed by atoms with van der Waals surface area (Å²) in [5.41, 5.74) is -0.197. The summed E-state index contributed by atoms with van der Waals surface area (Å²) in [6, 6.07) is 8.02. The molecular weight excluding hydrogens is 367 g/mol. The zero-order chi connectivity index (χ0) is 15.6. The van der Waals surface area contributed by atoms with E-state index in [2.05, 4.69) is 21.2 Å². The second-order valence-electron chi connectivity index (χ2n) is 3.98. The lowest BCUT2D eigenvalue weighted by molar-refractivity contribution is -0.384. The van der Waals surface area contributed by atoms with Crippen LogP contribution < -0.4 is 5.32 Å². The van der Waals surface area contributed by atoms with Crippen LogP contribution in [0.2, 0.25) is 5.02 Å². The number of halogens is 3. The Hall–Kier alpha value is -1.99.